The number of hydrogen-bond acceptors (Lipinski definition) is 3. The number of benzene rings is 1. The van der Waals surface area contributed by atoms with Crippen molar-refractivity contribution in [3.63, 3.8) is 0 Å². The fourth-order valence-electron chi connectivity index (χ4n) is 3.11. The van der Waals surface area contributed by atoms with Gasteiger partial charge in [0.2, 0.25) is 0 Å². The first-order valence-electron chi connectivity index (χ1n) is 7.57. The minimum Gasteiger partial charge on any atom is -0.315 e. The van der Waals surface area contributed by atoms with Gasteiger partial charge in [-0.3, -0.25) is 4.90 Å². The molecule has 1 aliphatic rings. The Labute approximate surface area is 128 Å². The van der Waals surface area contributed by atoms with Crippen LogP contribution in [0, 0.1) is 18.6 Å². The van der Waals surface area contributed by atoms with Crippen molar-refractivity contribution < 1.29 is 8.78 Å². The Kier molecular flexibility index (Phi) is 4.20. The number of hydrogen-bond donors (Lipinski definition) is 0. The van der Waals surface area contributed by atoms with E-state index in [0.717, 1.165) is 43.5 Å². The summed E-state index contributed by atoms with van der Waals surface area (Å²) in [5.74, 6) is 0.962. The van der Waals surface area contributed by atoms with Gasteiger partial charge in [-0.2, -0.15) is 0 Å². The lowest BCUT2D eigenvalue weighted by atomic mass is 10.1. The van der Waals surface area contributed by atoms with E-state index in [4.69, 9.17) is 0 Å². The smallest absolute Gasteiger partial charge is 0.133 e. The molecule has 1 aliphatic heterocycles. The first-order valence-corrected chi connectivity index (χ1v) is 7.57. The third-order valence-electron chi connectivity index (χ3n) is 4.46. The number of aryl methyl sites for hydroxylation is 2. The summed E-state index contributed by atoms with van der Waals surface area (Å²) in [7, 11) is 1.99. The Bertz CT molecular complexity index is 668. The Morgan fingerprint density at radius 3 is 2.86 bits per heavy atom. The topological polar surface area (TPSA) is 34.0 Å². The summed E-state index contributed by atoms with van der Waals surface area (Å²) >= 11 is 0. The van der Waals surface area contributed by atoms with E-state index in [2.05, 4.69) is 19.7 Å². The van der Waals surface area contributed by atoms with Crippen molar-refractivity contribution in [3.8, 4) is 0 Å². The Balaban J connectivity index is 1.67. The molecule has 1 aromatic carbocycles. The van der Waals surface area contributed by atoms with E-state index in [9.17, 15) is 8.78 Å². The average molecular weight is 306 g/mol. The Morgan fingerprint density at radius 1 is 1.27 bits per heavy atom. The lowest BCUT2D eigenvalue weighted by molar-refractivity contribution is 0.208. The molecule has 22 heavy (non-hydrogen) atoms. The lowest BCUT2D eigenvalue weighted by Gasteiger charge is -2.27. The van der Waals surface area contributed by atoms with E-state index in [1.54, 1.807) is 0 Å². The standard InChI is InChI=1S/C16H20F2N4/c1-11-19-20-16-6-5-14(7-8-22(11)16)21(2)10-12-3-4-13(17)9-15(12)18/h3-4,9,14H,5-8,10H2,1-2H3. The summed E-state index contributed by atoms with van der Waals surface area (Å²) in [6.07, 6.45) is 2.82. The van der Waals surface area contributed by atoms with Crippen LogP contribution in [0.4, 0.5) is 8.78 Å². The first-order chi connectivity index (χ1) is 10.5. The maximum atomic E-state index is 13.8. The molecule has 0 bridgehead atoms. The van der Waals surface area contributed by atoms with Gasteiger partial charge in [0.15, 0.2) is 0 Å². The van der Waals surface area contributed by atoms with E-state index in [1.807, 2.05) is 14.0 Å². The van der Waals surface area contributed by atoms with Crippen LogP contribution in [0.25, 0.3) is 0 Å². The molecule has 0 N–H and O–H groups in total. The van der Waals surface area contributed by atoms with Gasteiger partial charge < -0.3 is 4.57 Å². The zero-order valence-corrected chi connectivity index (χ0v) is 12.9. The number of rotatable bonds is 3. The molecule has 0 spiro atoms. The predicted molar refractivity (Wildman–Crippen MR) is 79.3 cm³/mol. The maximum absolute atomic E-state index is 13.8. The quantitative estimate of drug-likeness (QED) is 0.874. The Hall–Kier alpha value is -1.82. The number of halogens is 2. The summed E-state index contributed by atoms with van der Waals surface area (Å²) in [6, 6.07) is 4.13. The molecular formula is C16H20F2N4. The third-order valence-corrected chi connectivity index (χ3v) is 4.46. The van der Waals surface area contributed by atoms with Crippen molar-refractivity contribution >= 4 is 0 Å². The number of nitrogens with zero attached hydrogens (tertiary/aromatic N) is 4. The minimum absolute atomic E-state index is 0.352. The number of aromatic nitrogens is 3. The van der Waals surface area contributed by atoms with Gasteiger partial charge >= 0.3 is 0 Å². The molecule has 2 heterocycles. The van der Waals surface area contributed by atoms with E-state index < -0.39 is 11.6 Å². The molecule has 0 saturated carbocycles. The summed E-state index contributed by atoms with van der Waals surface area (Å²) in [5, 5.41) is 8.32. The van der Waals surface area contributed by atoms with Gasteiger partial charge in [-0.15, -0.1) is 10.2 Å². The van der Waals surface area contributed by atoms with Gasteiger partial charge in [-0.25, -0.2) is 8.78 Å². The van der Waals surface area contributed by atoms with Gasteiger partial charge in [0.05, 0.1) is 0 Å². The number of fused-ring (bicyclic) bond motifs is 1. The van der Waals surface area contributed by atoms with Crippen LogP contribution in [0.5, 0.6) is 0 Å². The highest BCUT2D eigenvalue weighted by Gasteiger charge is 2.22. The average Bonchev–Trinajstić information content (AvgIpc) is 2.71. The highest BCUT2D eigenvalue weighted by Crippen LogP contribution is 2.21. The van der Waals surface area contributed by atoms with E-state index in [-0.39, 0.29) is 0 Å². The van der Waals surface area contributed by atoms with Crippen LogP contribution in [-0.2, 0) is 19.5 Å². The molecule has 1 atom stereocenters. The minimum atomic E-state index is -0.535. The molecule has 2 aromatic rings. The molecule has 1 unspecified atom stereocenters. The Morgan fingerprint density at radius 2 is 2.09 bits per heavy atom. The molecule has 0 aliphatic carbocycles. The van der Waals surface area contributed by atoms with Crippen LogP contribution in [0.1, 0.15) is 30.1 Å². The van der Waals surface area contributed by atoms with Crippen molar-refractivity contribution in [2.75, 3.05) is 7.05 Å². The van der Waals surface area contributed by atoms with Crippen molar-refractivity contribution in [3.05, 3.63) is 47.0 Å². The van der Waals surface area contributed by atoms with Crippen LogP contribution in [0.15, 0.2) is 18.2 Å². The summed E-state index contributed by atoms with van der Waals surface area (Å²) in [4.78, 5) is 2.14. The molecular weight excluding hydrogens is 286 g/mol. The van der Waals surface area contributed by atoms with Gasteiger partial charge in [-0.1, -0.05) is 6.07 Å². The molecule has 6 heteroatoms. The largest absolute Gasteiger partial charge is 0.315 e. The molecule has 118 valence electrons. The van der Waals surface area contributed by atoms with Gasteiger partial charge in [0.1, 0.15) is 23.3 Å². The van der Waals surface area contributed by atoms with Crippen LogP contribution in [0.2, 0.25) is 0 Å². The van der Waals surface area contributed by atoms with Gasteiger partial charge in [0.25, 0.3) is 0 Å². The second-order valence-corrected chi connectivity index (χ2v) is 5.95. The van der Waals surface area contributed by atoms with E-state index in [1.165, 1.54) is 12.1 Å². The zero-order chi connectivity index (χ0) is 15.7. The van der Waals surface area contributed by atoms with Crippen LogP contribution < -0.4 is 0 Å². The van der Waals surface area contributed by atoms with Gasteiger partial charge in [-0.05, 0) is 32.9 Å². The second kappa shape index (κ2) is 6.12. The van der Waals surface area contributed by atoms with Crippen LogP contribution in [-0.4, -0.2) is 32.8 Å². The first kappa shape index (κ1) is 15.1. The van der Waals surface area contributed by atoms with Crippen LogP contribution in [0.3, 0.4) is 0 Å². The van der Waals surface area contributed by atoms with E-state index in [0.29, 0.717) is 18.2 Å². The predicted octanol–water partition coefficient (Wildman–Crippen LogP) is 2.70. The summed E-state index contributed by atoms with van der Waals surface area (Å²) in [6.45, 7) is 3.33. The molecule has 1 aromatic heterocycles. The second-order valence-electron chi connectivity index (χ2n) is 5.95. The van der Waals surface area contributed by atoms with E-state index >= 15 is 0 Å². The van der Waals surface area contributed by atoms with Crippen molar-refractivity contribution in [2.24, 2.45) is 0 Å². The van der Waals surface area contributed by atoms with Crippen molar-refractivity contribution in [1.82, 2.24) is 19.7 Å². The normalized spacial score (nSPS) is 18.3. The SMILES string of the molecule is Cc1nnc2n1CCC(N(C)Cc1ccc(F)cc1F)CC2. The van der Waals surface area contributed by atoms with Gasteiger partial charge in [0, 0.05) is 37.2 Å². The molecule has 0 fully saturated rings. The molecule has 4 nitrogen and oxygen atoms in total. The highest BCUT2D eigenvalue weighted by molar-refractivity contribution is 5.18. The summed E-state index contributed by atoms with van der Waals surface area (Å²) < 4.78 is 28.9. The third kappa shape index (κ3) is 3.02. The fourth-order valence-corrected chi connectivity index (χ4v) is 3.11. The summed E-state index contributed by atoms with van der Waals surface area (Å²) in [5.41, 5.74) is 0.531. The van der Waals surface area contributed by atoms with Crippen LogP contribution >= 0.6 is 0 Å². The maximum Gasteiger partial charge on any atom is 0.133 e. The monoisotopic (exact) mass is 306 g/mol. The molecule has 0 amide bonds. The zero-order valence-electron chi connectivity index (χ0n) is 12.9. The molecule has 0 radical (unpaired) electrons. The van der Waals surface area contributed by atoms with Crippen molar-refractivity contribution in [1.29, 1.82) is 0 Å². The lowest BCUT2D eigenvalue weighted by Crippen LogP contribution is -2.32. The molecule has 3 rings (SSSR count). The van der Waals surface area contributed by atoms with Crippen molar-refractivity contribution in [2.45, 2.75) is 45.3 Å². The fraction of sp³-hybridized carbons (Fsp3) is 0.500. The highest BCUT2D eigenvalue weighted by atomic mass is 19.1. The molecule has 0 saturated heterocycles.